The second-order valence-electron chi connectivity index (χ2n) is 2.28. The average Bonchev–Trinajstić information content (AvgIpc) is 2.24. The van der Waals surface area contributed by atoms with E-state index in [1.165, 1.54) is 11.1 Å². The fourth-order valence-corrected chi connectivity index (χ4v) is 1.01. The lowest BCUT2D eigenvalue weighted by Gasteiger charge is -1.98. The summed E-state index contributed by atoms with van der Waals surface area (Å²) in [5.74, 6) is 0. The number of aryl methyl sites for hydroxylation is 2. The van der Waals surface area contributed by atoms with Gasteiger partial charge in [0.05, 0.1) is 0 Å². The molecule has 1 rings (SSSR count). The molecule has 0 unspecified atom stereocenters. The van der Waals surface area contributed by atoms with Crippen molar-refractivity contribution in [2.75, 3.05) is 0 Å². The highest BCUT2D eigenvalue weighted by atomic mass is 13.9. The van der Waals surface area contributed by atoms with Crippen LogP contribution in [0, 0.1) is 6.92 Å². The second-order valence-corrected chi connectivity index (χ2v) is 2.28. The number of benzene rings is 1. The van der Waals surface area contributed by atoms with Crippen LogP contribution in [0.4, 0.5) is 0 Å². The molecule has 1 aromatic carbocycles. The highest BCUT2D eigenvalue weighted by Crippen LogP contribution is 2.06. The summed E-state index contributed by atoms with van der Waals surface area (Å²) in [6.45, 7) is 12.3. The summed E-state index contributed by atoms with van der Waals surface area (Å²) in [5, 5.41) is 0. The van der Waals surface area contributed by atoms with Gasteiger partial charge in [-0.05, 0) is 24.5 Å². The molecule has 1 aromatic rings. The molecule has 0 spiro atoms. The fourth-order valence-electron chi connectivity index (χ4n) is 1.01. The summed E-state index contributed by atoms with van der Waals surface area (Å²) in [7, 11) is 0. The maximum absolute atomic E-state index is 2.18. The standard InChI is InChI=1S/C9H12.2C2H6/c1-3-9-7-5-4-6-8(9)2;2*1-2/h4-7H,3H2,1-2H3;2*1-2H3. The minimum atomic E-state index is 1.15. The van der Waals surface area contributed by atoms with Crippen molar-refractivity contribution in [2.45, 2.75) is 48.0 Å². The van der Waals surface area contributed by atoms with E-state index >= 15 is 0 Å². The van der Waals surface area contributed by atoms with Gasteiger partial charge in [0.25, 0.3) is 0 Å². The smallest absolute Gasteiger partial charge is 0.0305 e. The summed E-state index contributed by atoms with van der Waals surface area (Å²) in [4.78, 5) is 0. The Morgan fingerprint density at radius 1 is 0.923 bits per heavy atom. The highest BCUT2D eigenvalue weighted by Gasteiger charge is 1.89. The number of rotatable bonds is 1. The van der Waals surface area contributed by atoms with Crippen LogP contribution in [0.15, 0.2) is 24.3 Å². The lowest BCUT2D eigenvalue weighted by Crippen LogP contribution is -1.82. The fraction of sp³-hybridized carbons (Fsp3) is 0.538. The van der Waals surface area contributed by atoms with E-state index in [2.05, 4.69) is 38.1 Å². The van der Waals surface area contributed by atoms with Gasteiger partial charge < -0.3 is 0 Å². The lowest BCUT2D eigenvalue weighted by molar-refractivity contribution is 1.11. The van der Waals surface area contributed by atoms with E-state index in [9.17, 15) is 0 Å². The van der Waals surface area contributed by atoms with Crippen LogP contribution in [-0.4, -0.2) is 0 Å². The third-order valence-electron chi connectivity index (χ3n) is 1.64. The molecule has 0 radical (unpaired) electrons. The zero-order valence-electron chi connectivity index (χ0n) is 10.0. The van der Waals surface area contributed by atoms with Gasteiger partial charge >= 0.3 is 0 Å². The van der Waals surface area contributed by atoms with Crippen LogP contribution in [-0.2, 0) is 6.42 Å². The van der Waals surface area contributed by atoms with Gasteiger partial charge in [-0.3, -0.25) is 0 Å². The van der Waals surface area contributed by atoms with Gasteiger partial charge in [-0.2, -0.15) is 0 Å². The lowest BCUT2D eigenvalue weighted by atomic mass is 10.1. The highest BCUT2D eigenvalue weighted by molar-refractivity contribution is 5.24. The first kappa shape index (κ1) is 14.7. The van der Waals surface area contributed by atoms with Crippen LogP contribution in [0.1, 0.15) is 45.7 Å². The van der Waals surface area contributed by atoms with Crippen molar-refractivity contribution in [3.8, 4) is 0 Å². The van der Waals surface area contributed by atoms with Crippen LogP contribution >= 0.6 is 0 Å². The van der Waals surface area contributed by atoms with Crippen molar-refractivity contribution in [3.63, 3.8) is 0 Å². The Hall–Kier alpha value is -0.780. The molecule has 0 N–H and O–H groups in total. The van der Waals surface area contributed by atoms with Crippen LogP contribution in [0.5, 0.6) is 0 Å². The minimum Gasteiger partial charge on any atom is -0.0683 e. The van der Waals surface area contributed by atoms with E-state index in [0.29, 0.717) is 0 Å². The molecule has 0 atom stereocenters. The van der Waals surface area contributed by atoms with E-state index in [1.807, 2.05) is 27.7 Å². The summed E-state index contributed by atoms with van der Waals surface area (Å²) in [6.07, 6.45) is 1.15. The molecule has 0 heterocycles. The maximum Gasteiger partial charge on any atom is -0.0305 e. The first-order valence-corrected chi connectivity index (χ1v) is 5.39. The van der Waals surface area contributed by atoms with Crippen LogP contribution < -0.4 is 0 Å². The summed E-state index contributed by atoms with van der Waals surface area (Å²) in [6, 6.07) is 8.49. The molecule has 0 aliphatic rings. The first-order chi connectivity index (χ1) is 6.34. The Bertz CT molecular complexity index is 189. The minimum absolute atomic E-state index is 1.15. The summed E-state index contributed by atoms with van der Waals surface area (Å²) < 4.78 is 0. The van der Waals surface area contributed by atoms with Gasteiger partial charge in [-0.25, -0.2) is 0 Å². The molecular weight excluding hydrogens is 156 g/mol. The topological polar surface area (TPSA) is 0 Å². The maximum atomic E-state index is 2.18. The molecule has 0 aliphatic heterocycles. The van der Waals surface area contributed by atoms with Crippen LogP contribution in [0.25, 0.3) is 0 Å². The van der Waals surface area contributed by atoms with Gasteiger partial charge in [0.2, 0.25) is 0 Å². The second kappa shape index (κ2) is 11.2. The van der Waals surface area contributed by atoms with Crippen LogP contribution in [0.3, 0.4) is 0 Å². The molecule has 0 amide bonds. The average molecular weight is 180 g/mol. The zero-order chi connectivity index (χ0) is 10.7. The molecule has 0 bridgehead atoms. The third-order valence-corrected chi connectivity index (χ3v) is 1.64. The van der Waals surface area contributed by atoms with Gasteiger partial charge in [0, 0.05) is 0 Å². The predicted molar refractivity (Wildman–Crippen MR) is 63.3 cm³/mol. The van der Waals surface area contributed by atoms with E-state index in [-0.39, 0.29) is 0 Å². The Morgan fingerprint density at radius 3 is 1.69 bits per heavy atom. The Kier molecular flexibility index (Phi) is 12.7. The molecule has 0 heteroatoms. The zero-order valence-corrected chi connectivity index (χ0v) is 10.0. The van der Waals surface area contributed by atoms with Gasteiger partial charge in [-0.1, -0.05) is 58.9 Å². The van der Waals surface area contributed by atoms with Crippen molar-refractivity contribution in [2.24, 2.45) is 0 Å². The van der Waals surface area contributed by atoms with E-state index in [4.69, 9.17) is 0 Å². The van der Waals surface area contributed by atoms with Gasteiger partial charge in [0.1, 0.15) is 0 Å². The SMILES string of the molecule is CC.CC.CCc1ccccc1C. The van der Waals surface area contributed by atoms with E-state index in [1.54, 1.807) is 0 Å². The predicted octanol–water partition coefficient (Wildman–Crippen LogP) is 4.61. The molecule has 0 saturated heterocycles. The third kappa shape index (κ3) is 6.39. The Labute approximate surface area is 84.0 Å². The summed E-state index contributed by atoms with van der Waals surface area (Å²) >= 11 is 0. The van der Waals surface area contributed by atoms with Crippen molar-refractivity contribution in [1.82, 2.24) is 0 Å². The molecule has 0 aliphatic carbocycles. The number of hydrogen-bond donors (Lipinski definition) is 0. The van der Waals surface area contributed by atoms with Crippen molar-refractivity contribution < 1.29 is 0 Å². The normalized spacial score (nSPS) is 7.54. The van der Waals surface area contributed by atoms with Gasteiger partial charge in [0.15, 0.2) is 0 Å². The van der Waals surface area contributed by atoms with Crippen molar-refractivity contribution in [1.29, 1.82) is 0 Å². The number of hydrogen-bond acceptors (Lipinski definition) is 0. The molecule has 0 nitrogen and oxygen atoms in total. The molecule has 0 fully saturated rings. The molecule has 0 saturated carbocycles. The van der Waals surface area contributed by atoms with E-state index < -0.39 is 0 Å². The molecule has 0 aromatic heterocycles. The Morgan fingerprint density at radius 2 is 1.38 bits per heavy atom. The van der Waals surface area contributed by atoms with Crippen LogP contribution in [0.2, 0.25) is 0 Å². The largest absolute Gasteiger partial charge is 0.0683 e. The van der Waals surface area contributed by atoms with Crippen molar-refractivity contribution in [3.05, 3.63) is 35.4 Å². The van der Waals surface area contributed by atoms with Gasteiger partial charge in [-0.15, -0.1) is 0 Å². The molecular formula is C13H24. The van der Waals surface area contributed by atoms with E-state index in [0.717, 1.165) is 6.42 Å². The Balaban J connectivity index is 0. The van der Waals surface area contributed by atoms with Crippen molar-refractivity contribution >= 4 is 0 Å². The monoisotopic (exact) mass is 180 g/mol. The quantitative estimate of drug-likeness (QED) is 0.592. The first-order valence-electron chi connectivity index (χ1n) is 5.39. The molecule has 76 valence electrons. The molecule has 13 heavy (non-hydrogen) atoms. The summed E-state index contributed by atoms with van der Waals surface area (Å²) in [5.41, 5.74) is 2.86.